The maximum absolute atomic E-state index is 13.1. The Morgan fingerprint density at radius 1 is 1.15 bits per heavy atom. The van der Waals surface area contributed by atoms with Gasteiger partial charge in [0.05, 0.1) is 7.11 Å². The van der Waals surface area contributed by atoms with Crippen molar-refractivity contribution in [2.45, 2.75) is 13.2 Å². The quantitative estimate of drug-likeness (QED) is 0.878. The highest BCUT2D eigenvalue weighted by Crippen LogP contribution is 2.22. The second-order valence-corrected chi connectivity index (χ2v) is 4.42. The van der Waals surface area contributed by atoms with E-state index in [1.54, 1.807) is 19.2 Å². The molecule has 2 aromatic carbocycles. The smallest absolute Gasteiger partial charge is 0.126 e. The number of ether oxygens (including phenoxy) is 2. The summed E-state index contributed by atoms with van der Waals surface area (Å²) in [6, 6.07) is 12.0. The first kappa shape index (κ1) is 14.3. The van der Waals surface area contributed by atoms with Crippen LogP contribution in [0.1, 0.15) is 11.1 Å². The van der Waals surface area contributed by atoms with Crippen LogP contribution >= 0.6 is 0 Å². The minimum absolute atomic E-state index is 0.307. The van der Waals surface area contributed by atoms with Gasteiger partial charge in [0.15, 0.2) is 0 Å². The maximum Gasteiger partial charge on any atom is 0.126 e. The monoisotopic (exact) mass is 275 g/mol. The highest BCUT2D eigenvalue weighted by Gasteiger charge is 2.06. The van der Waals surface area contributed by atoms with E-state index in [4.69, 9.17) is 9.47 Å². The molecule has 0 amide bonds. The highest BCUT2D eigenvalue weighted by molar-refractivity contribution is 5.37. The van der Waals surface area contributed by atoms with Crippen molar-refractivity contribution < 1.29 is 13.9 Å². The predicted octanol–water partition coefficient (Wildman–Crippen LogP) is 3.13. The number of methoxy groups -OCH3 is 1. The van der Waals surface area contributed by atoms with Crippen molar-refractivity contribution in [1.29, 1.82) is 0 Å². The number of hydrogen-bond donors (Lipinski definition) is 1. The third-order valence-corrected chi connectivity index (χ3v) is 2.92. The fraction of sp³-hybridized carbons (Fsp3) is 0.250. The lowest BCUT2D eigenvalue weighted by atomic mass is 10.1. The summed E-state index contributed by atoms with van der Waals surface area (Å²) in [5, 5.41) is 3.10. The van der Waals surface area contributed by atoms with Gasteiger partial charge in [0.2, 0.25) is 0 Å². The Labute approximate surface area is 118 Å². The number of hydrogen-bond acceptors (Lipinski definition) is 3. The van der Waals surface area contributed by atoms with Crippen molar-refractivity contribution in [3.63, 3.8) is 0 Å². The van der Waals surface area contributed by atoms with Crippen LogP contribution in [0.5, 0.6) is 11.5 Å². The largest absolute Gasteiger partial charge is 0.496 e. The molecular weight excluding hydrogens is 257 g/mol. The zero-order valence-electron chi connectivity index (χ0n) is 11.7. The van der Waals surface area contributed by atoms with Crippen molar-refractivity contribution in [2.75, 3.05) is 14.2 Å². The number of benzene rings is 2. The molecule has 4 heteroatoms. The van der Waals surface area contributed by atoms with Gasteiger partial charge in [0, 0.05) is 18.2 Å². The molecule has 0 aliphatic carbocycles. The van der Waals surface area contributed by atoms with E-state index in [-0.39, 0.29) is 5.82 Å². The lowest BCUT2D eigenvalue weighted by Gasteiger charge is -2.12. The summed E-state index contributed by atoms with van der Waals surface area (Å²) in [7, 11) is 3.52. The van der Waals surface area contributed by atoms with Crippen LogP contribution in [0.15, 0.2) is 42.5 Å². The molecule has 0 aliphatic heterocycles. The SMILES string of the molecule is CNCc1ccc(OC)c(COc2cccc(F)c2)c1. The summed E-state index contributed by atoms with van der Waals surface area (Å²) in [6.07, 6.45) is 0. The van der Waals surface area contributed by atoms with Crippen molar-refractivity contribution in [3.05, 3.63) is 59.4 Å². The Balaban J connectivity index is 2.12. The van der Waals surface area contributed by atoms with Gasteiger partial charge < -0.3 is 14.8 Å². The van der Waals surface area contributed by atoms with E-state index in [0.717, 1.165) is 23.4 Å². The van der Waals surface area contributed by atoms with Crippen LogP contribution in [0.2, 0.25) is 0 Å². The average Bonchev–Trinajstić information content (AvgIpc) is 2.46. The van der Waals surface area contributed by atoms with Crippen LogP contribution in [0.25, 0.3) is 0 Å². The van der Waals surface area contributed by atoms with Gasteiger partial charge in [-0.05, 0) is 36.9 Å². The third kappa shape index (κ3) is 3.71. The van der Waals surface area contributed by atoms with Crippen LogP contribution in [0, 0.1) is 5.82 Å². The minimum Gasteiger partial charge on any atom is -0.496 e. The van der Waals surface area contributed by atoms with E-state index in [0.29, 0.717) is 12.4 Å². The van der Waals surface area contributed by atoms with Crippen molar-refractivity contribution >= 4 is 0 Å². The van der Waals surface area contributed by atoms with Gasteiger partial charge in [0.1, 0.15) is 23.9 Å². The van der Waals surface area contributed by atoms with Gasteiger partial charge in [0.25, 0.3) is 0 Å². The summed E-state index contributed by atoms with van der Waals surface area (Å²) in [5.41, 5.74) is 2.08. The molecule has 0 unspecified atom stereocenters. The normalized spacial score (nSPS) is 10.3. The van der Waals surface area contributed by atoms with Gasteiger partial charge in [-0.25, -0.2) is 4.39 Å². The molecule has 20 heavy (non-hydrogen) atoms. The molecule has 0 saturated carbocycles. The molecule has 1 N–H and O–H groups in total. The lowest BCUT2D eigenvalue weighted by Crippen LogP contribution is -2.06. The molecule has 2 rings (SSSR count). The summed E-state index contributed by atoms with van der Waals surface area (Å²) in [5.74, 6) is 0.964. The molecule has 106 valence electrons. The van der Waals surface area contributed by atoms with Crippen LogP contribution < -0.4 is 14.8 Å². The first-order valence-electron chi connectivity index (χ1n) is 6.41. The third-order valence-electron chi connectivity index (χ3n) is 2.92. The number of rotatable bonds is 6. The molecule has 0 atom stereocenters. The molecule has 0 aromatic heterocycles. The molecule has 3 nitrogen and oxygen atoms in total. The Morgan fingerprint density at radius 3 is 2.70 bits per heavy atom. The van der Waals surface area contributed by atoms with Gasteiger partial charge >= 0.3 is 0 Å². The zero-order valence-corrected chi connectivity index (χ0v) is 11.7. The van der Waals surface area contributed by atoms with E-state index in [9.17, 15) is 4.39 Å². The van der Waals surface area contributed by atoms with E-state index in [2.05, 4.69) is 5.32 Å². The average molecular weight is 275 g/mol. The van der Waals surface area contributed by atoms with Crippen molar-refractivity contribution in [1.82, 2.24) is 5.32 Å². The summed E-state index contributed by atoms with van der Waals surface area (Å²) in [6.45, 7) is 1.11. The highest BCUT2D eigenvalue weighted by atomic mass is 19.1. The number of nitrogens with one attached hydrogen (secondary N) is 1. The first-order chi connectivity index (χ1) is 9.72. The molecule has 0 saturated heterocycles. The van der Waals surface area contributed by atoms with Crippen LogP contribution in [-0.4, -0.2) is 14.2 Å². The van der Waals surface area contributed by atoms with Gasteiger partial charge in [-0.1, -0.05) is 12.1 Å². The summed E-state index contributed by atoms with van der Waals surface area (Å²) in [4.78, 5) is 0. The fourth-order valence-corrected chi connectivity index (χ4v) is 1.98. The molecule has 0 spiro atoms. The molecule has 2 aromatic rings. The Hall–Kier alpha value is -2.07. The van der Waals surface area contributed by atoms with E-state index >= 15 is 0 Å². The molecule has 0 fully saturated rings. The summed E-state index contributed by atoms with van der Waals surface area (Å²) >= 11 is 0. The predicted molar refractivity (Wildman–Crippen MR) is 76.5 cm³/mol. The van der Waals surface area contributed by atoms with Gasteiger partial charge in [-0.15, -0.1) is 0 Å². The number of halogens is 1. The first-order valence-corrected chi connectivity index (χ1v) is 6.41. The maximum atomic E-state index is 13.1. The molecule has 0 aliphatic rings. The van der Waals surface area contributed by atoms with Crippen LogP contribution in [-0.2, 0) is 13.2 Å². The van der Waals surface area contributed by atoms with Crippen molar-refractivity contribution in [2.24, 2.45) is 0 Å². The second kappa shape index (κ2) is 6.91. The zero-order chi connectivity index (χ0) is 14.4. The topological polar surface area (TPSA) is 30.5 Å². The second-order valence-electron chi connectivity index (χ2n) is 4.42. The molecule has 0 heterocycles. The Kier molecular flexibility index (Phi) is 4.96. The fourth-order valence-electron chi connectivity index (χ4n) is 1.98. The van der Waals surface area contributed by atoms with E-state index in [1.165, 1.54) is 12.1 Å². The van der Waals surface area contributed by atoms with Crippen molar-refractivity contribution in [3.8, 4) is 11.5 Å². The molecule has 0 radical (unpaired) electrons. The minimum atomic E-state index is -0.307. The Bertz CT molecular complexity index is 572. The van der Waals surface area contributed by atoms with E-state index in [1.807, 2.05) is 25.2 Å². The lowest BCUT2D eigenvalue weighted by molar-refractivity contribution is 0.295. The van der Waals surface area contributed by atoms with E-state index < -0.39 is 0 Å². The summed E-state index contributed by atoms with van der Waals surface area (Å²) < 4.78 is 24.0. The van der Waals surface area contributed by atoms with Gasteiger partial charge in [-0.3, -0.25) is 0 Å². The van der Waals surface area contributed by atoms with Crippen LogP contribution in [0.3, 0.4) is 0 Å². The van der Waals surface area contributed by atoms with Gasteiger partial charge in [-0.2, -0.15) is 0 Å². The van der Waals surface area contributed by atoms with Crippen LogP contribution in [0.4, 0.5) is 4.39 Å². The molecule has 0 bridgehead atoms. The molecular formula is C16H18FNO2. The Morgan fingerprint density at radius 2 is 2.00 bits per heavy atom. The standard InChI is InChI=1S/C16H18FNO2/c1-18-10-12-6-7-16(19-2)13(8-12)11-20-15-5-3-4-14(17)9-15/h3-9,18H,10-11H2,1-2H3.